The third-order valence-electron chi connectivity index (χ3n) is 3.09. The number of nitrogens with zero attached hydrogens (tertiary/aromatic N) is 1. The molecule has 0 atom stereocenters. The Labute approximate surface area is 110 Å². The van der Waals surface area contributed by atoms with Crippen LogP contribution in [0.2, 0.25) is 0 Å². The number of hydrogen-bond donors (Lipinski definition) is 1. The molecule has 98 valence electrons. The topological polar surface area (TPSA) is 58.6 Å². The van der Waals surface area contributed by atoms with E-state index in [-0.39, 0.29) is 17.7 Å². The van der Waals surface area contributed by atoms with Crippen LogP contribution in [0.4, 0.5) is 0 Å². The van der Waals surface area contributed by atoms with Gasteiger partial charge in [-0.25, -0.2) is 5.48 Å². The maximum atomic E-state index is 12.1. The van der Waals surface area contributed by atoms with Crippen LogP contribution < -0.4 is 5.48 Å². The average Bonchev–Trinajstić information content (AvgIpc) is 2.92. The number of amides is 2. The van der Waals surface area contributed by atoms with Gasteiger partial charge in [0.05, 0.1) is 12.0 Å². The minimum Gasteiger partial charge on any atom is -0.338 e. The van der Waals surface area contributed by atoms with Crippen molar-refractivity contribution >= 4 is 23.2 Å². The Kier molecular flexibility index (Phi) is 4.33. The largest absolute Gasteiger partial charge is 0.338 e. The highest BCUT2D eigenvalue weighted by atomic mass is 32.1. The molecule has 0 aliphatic carbocycles. The van der Waals surface area contributed by atoms with E-state index in [0.29, 0.717) is 25.9 Å². The molecule has 2 heterocycles. The molecular weight excluding hydrogens is 252 g/mol. The van der Waals surface area contributed by atoms with Gasteiger partial charge in [-0.05, 0) is 24.3 Å². The first-order chi connectivity index (χ1) is 8.72. The minimum atomic E-state index is -0.0966. The molecule has 18 heavy (non-hydrogen) atoms. The third-order valence-corrected chi connectivity index (χ3v) is 3.95. The molecular formula is C12H16N2O3S. The Morgan fingerprint density at radius 1 is 1.44 bits per heavy atom. The van der Waals surface area contributed by atoms with Gasteiger partial charge in [-0.3, -0.25) is 14.4 Å². The Hall–Kier alpha value is -1.40. The molecule has 1 aliphatic heterocycles. The summed E-state index contributed by atoms with van der Waals surface area (Å²) in [4.78, 5) is 30.8. The van der Waals surface area contributed by atoms with Crippen LogP contribution in [-0.2, 0) is 9.63 Å². The molecule has 6 heteroatoms. The lowest BCUT2D eigenvalue weighted by Gasteiger charge is -2.30. The summed E-state index contributed by atoms with van der Waals surface area (Å²) in [5, 5.41) is 1.89. The zero-order chi connectivity index (χ0) is 13.0. The molecule has 2 rings (SSSR count). The van der Waals surface area contributed by atoms with Crippen molar-refractivity contribution in [3.8, 4) is 0 Å². The average molecular weight is 268 g/mol. The van der Waals surface area contributed by atoms with Crippen LogP contribution in [0.25, 0.3) is 0 Å². The Morgan fingerprint density at radius 3 is 2.72 bits per heavy atom. The van der Waals surface area contributed by atoms with E-state index in [9.17, 15) is 9.59 Å². The standard InChI is InChI=1S/C12H16N2O3S/c1-17-13-11(15)9-4-6-14(7-5-9)12(16)10-3-2-8-18-10/h2-3,8-9H,4-7H2,1H3,(H,13,15). The zero-order valence-corrected chi connectivity index (χ0v) is 11.0. The SMILES string of the molecule is CONC(=O)C1CCN(C(=O)c2cccs2)CC1. The second-order valence-corrected chi connectivity index (χ2v) is 5.16. The summed E-state index contributed by atoms with van der Waals surface area (Å²) >= 11 is 1.45. The predicted molar refractivity (Wildman–Crippen MR) is 68.1 cm³/mol. The Bertz CT molecular complexity index is 411. The second kappa shape index (κ2) is 5.97. The number of thiophene rings is 1. The molecule has 5 nitrogen and oxygen atoms in total. The van der Waals surface area contributed by atoms with E-state index in [0.717, 1.165) is 4.88 Å². The van der Waals surface area contributed by atoms with Gasteiger partial charge >= 0.3 is 0 Å². The Balaban J connectivity index is 1.87. The molecule has 0 saturated carbocycles. The number of nitrogens with one attached hydrogen (secondary N) is 1. The van der Waals surface area contributed by atoms with Crippen molar-refractivity contribution in [3.63, 3.8) is 0 Å². The van der Waals surface area contributed by atoms with Crippen molar-refractivity contribution in [2.24, 2.45) is 5.92 Å². The molecule has 1 aromatic heterocycles. The molecule has 0 bridgehead atoms. The van der Waals surface area contributed by atoms with E-state index in [4.69, 9.17) is 0 Å². The summed E-state index contributed by atoms with van der Waals surface area (Å²) in [6.07, 6.45) is 1.37. The van der Waals surface area contributed by atoms with Crippen molar-refractivity contribution < 1.29 is 14.4 Å². The van der Waals surface area contributed by atoms with Crippen LogP contribution in [0.5, 0.6) is 0 Å². The lowest BCUT2D eigenvalue weighted by Crippen LogP contribution is -2.42. The van der Waals surface area contributed by atoms with Crippen molar-refractivity contribution in [2.45, 2.75) is 12.8 Å². The van der Waals surface area contributed by atoms with E-state index >= 15 is 0 Å². The quantitative estimate of drug-likeness (QED) is 0.840. The summed E-state index contributed by atoms with van der Waals surface area (Å²) in [6, 6.07) is 3.70. The number of piperidine rings is 1. The molecule has 1 N–H and O–H groups in total. The lowest BCUT2D eigenvalue weighted by atomic mass is 9.96. The molecule has 2 amide bonds. The van der Waals surface area contributed by atoms with Crippen molar-refractivity contribution in [2.75, 3.05) is 20.2 Å². The molecule has 1 aromatic rings. The fourth-order valence-electron chi connectivity index (χ4n) is 2.08. The van der Waals surface area contributed by atoms with Gasteiger partial charge in [0, 0.05) is 19.0 Å². The summed E-state index contributed by atoms with van der Waals surface area (Å²) in [7, 11) is 1.42. The van der Waals surface area contributed by atoms with Crippen LogP contribution in [-0.4, -0.2) is 36.9 Å². The predicted octanol–water partition coefficient (Wildman–Crippen LogP) is 1.28. The van der Waals surface area contributed by atoms with Gasteiger partial charge in [0.1, 0.15) is 0 Å². The molecule has 1 fully saturated rings. The molecule has 0 spiro atoms. The van der Waals surface area contributed by atoms with Gasteiger partial charge in [-0.2, -0.15) is 0 Å². The van der Waals surface area contributed by atoms with E-state index in [1.165, 1.54) is 18.4 Å². The smallest absolute Gasteiger partial charge is 0.263 e. The summed E-state index contributed by atoms with van der Waals surface area (Å²) < 4.78 is 0. The maximum absolute atomic E-state index is 12.1. The van der Waals surface area contributed by atoms with Crippen molar-refractivity contribution in [1.29, 1.82) is 0 Å². The fraction of sp³-hybridized carbons (Fsp3) is 0.500. The second-order valence-electron chi connectivity index (χ2n) is 4.21. The lowest BCUT2D eigenvalue weighted by molar-refractivity contribution is -0.136. The Morgan fingerprint density at radius 2 is 2.17 bits per heavy atom. The normalized spacial score (nSPS) is 16.6. The van der Waals surface area contributed by atoms with E-state index in [1.54, 1.807) is 0 Å². The van der Waals surface area contributed by atoms with Crippen LogP contribution in [0.15, 0.2) is 17.5 Å². The van der Waals surface area contributed by atoms with Gasteiger partial charge < -0.3 is 4.90 Å². The van der Waals surface area contributed by atoms with Crippen molar-refractivity contribution in [1.82, 2.24) is 10.4 Å². The maximum Gasteiger partial charge on any atom is 0.263 e. The van der Waals surface area contributed by atoms with Crippen LogP contribution in [0.1, 0.15) is 22.5 Å². The van der Waals surface area contributed by atoms with Crippen LogP contribution in [0.3, 0.4) is 0 Å². The number of hydrogen-bond acceptors (Lipinski definition) is 4. The van der Waals surface area contributed by atoms with Gasteiger partial charge in [0.25, 0.3) is 5.91 Å². The number of rotatable bonds is 3. The fourth-order valence-corrected chi connectivity index (χ4v) is 2.78. The van der Waals surface area contributed by atoms with Crippen LogP contribution >= 0.6 is 11.3 Å². The van der Waals surface area contributed by atoms with Gasteiger partial charge in [0.15, 0.2) is 0 Å². The number of likely N-dealkylation sites (tertiary alicyclic amines) is 1. The van der Waals surface area contributed by atoms with E-state index in [2.05, 4.69) is 10.3 Å². The molecule has 1 saturated heterocycles. The van der Waals surface area contributed by atoms with Crippen LogP contribution in [0, 0.1) is 5.92 Å². The van der Waals surface area contributed by atoms with E-state index in [1.807, 2.05) is 22.4 Å². The zero-order valence-electron chi connectivity index (χ0n) is 10.2. The first-order valence-electron chi connectivity index (χ1n) is 5.88. The highest BCUT2D eigenvalue weighted by Gasteiger charge is 2.28. The molecule has 1 aliphatic rings. The van der Waals surface area contributed by atoms with Crippen molar-refractivity contribution in [3.05, 3.63) is 22.4 Å². The minimum absolute atomic E-state index is 0.0580. The third kappa shape index (κ3) is 2.88. The first kappa shape index (κ1) is 13.0. The van der Waals surface area contributed by atoms with Gasteiger partial charge in [0.2, 0.25) is 5.91 Å². The number of hydroxylamine groups is 1. The highest BCUT2D eigenvalue weighted by molar-refractivity contribution is 7.12. The molecule has 0 radical (unpaired) electrons. The number of carbonyl (C=O) groups excluding carboxylic acids is 2. The van der Waals surface area contributed by atoms with Gasteiger partial charge in [-0.1, -0.05) is 6.07 Å². The molecule has 0 aromatic carbocycles. The summed E-state index contributed by atoms with van der Waals surface area (Å²) in [5.41, 5.74) is 2.35. The summed E-state index contributed by atoms with van der Waals surface area (Å²) in [6.45, 7) is 1.25. The van der Waals surface area contributed by atoms with E-state index < -0.39 is 0 Å². The summed E-state index contributed by atoms with van der Waals surface area (Å²) in [5.74, 6) is -0.0892. The van der Waals surface area contributed by atoms with Gasteiger partial charge in [-0.15, -0.1) is 11.3 Å². The number of carbonyl (C=O) groups is 2. The highest BCUT2D eigenvalue weighted by Crippen LogP contribution is 2.20. The first-order valence-corrected chi connectivity index (χ1v) is 6.76. The molecule has 0 unspecified atom stereocenters. The monoisotopic (exact) mass is 268 g/mol.